The fraction of sp³-hybridized carbons (Fsp3) is 0.571. The maximum absolute atomic E-state index is 3.27. The lowest BCUT2D eigenvalue weighted by Gasteiger charge is -2.01. The number of hydrogen-bond donors (Lipinski definition) is 0. The van der Waals surface area contributed by atoms with E-state index in [0.29, 0.717) is 0 Å². The first-order valence-corrected chi connectivity index (χ1v) is 9.22. The summed E-state index contributed by atoms with van der Waals surface area (Å²) in [6, 6.07) is 0. The molecule has 82 valence electrons. The van der Waals surface area contributed by atoms with Crippen molar-refractivity contribution in [2.45, 2.75) is 52.2 Å². The number of unbranched alkanes of at least 4 members (excludes halogenated alkanes) is 3. The van der Waals surface area contributed by atoms with Crippen LogP contribution in [0.4, 0.5) is 0 Å². The molecule has 0 N–H and O–H groups in total. The van der Waals surface area contributed by atoms with Crippen molar-refractivity contribution in [2.75, 3.05) is 0 Å². The van der Waals surface area contributed by atoms with Crippen LogP contribution in [0.15, 0.2) is 12.2 Å². The van der Waals surface area contributed by atoms with Gasteiger partial charge in [0.1, 0.15) is 8.07 Å². The Bertz CT molecular complexity index is 296. The molecule has 0 saturated carbocycles. The molecule has 0 rings (SSSR count). The van der Waals surface area contributed by atoms with Gasteiger partial charge >= 0.3 is 0 Å². The average Bonchev–Trinajstić information content (AvgIpc) is 2.14. The van der Waals surface area contributed by atoms with E-state index in [1.807, 2.05) is 12.2 Å². The molecule has 0 aromatic carbocycles. The predicted octanol–water partition coefficient (Wildman–Crippen LogP) is 4.01. The van der Waals surface area contributed by atoms with Crippen molar-refractivity contribution >= 4 is 8.07 Å². The fourth-order valence-corrected chi connectivity index (χ4v) is 1.45. The quantitative estimate of drug-likeness (QED) is 0.381. The molecule has 0 bridgehead atoms. The first kappa shape index (κ1) is 14.1. The monoisotopic (exact) mass is 218 g/mol. The second-order valence-electron chi connectivity index (χ2n) is 4.63. The normalized spacial score (nSPS) is 10.4. The third kappa shape index (κ3) is 13.1. The van der Waals surface area contributed by atoms with E-state index in [1.165, 1.54) is 19.3 Å². The van der Waals surface area contributed by atoms with Crippen LogP contribution >= 0.6 is 0 Å². The molecule has 0 aliphatic heterocycles. The smallest absolute Gasteiger partial charge is 0.127 e. The molecule has 0 aliphatic carbocycles. The van der Waals surface area contributed by atoms with Crippen molar-refractivity contribution in [3.05, 3.63) is 12.2 Å². The molecule has 0 saturated heterocycles. The van der Waals surface area contributed by atoms with Crippen molar-refractivity contribution in [2.24, 2.45) is 0 Å². The molecule has 1 heteroatoms. The van der Waals surface area contributed by atoms with Crippen LogP contribution in [0.1, 0.15) is 32.6 Å². The number of hydrogen-bond acceptors (Lipinski definition) is 0. The molecular formula is C14H22Si. The SMILES string of the molecule is CCCCCC#C/C=C\C#C[Si](C)(C)C. The Morgan fingerprint density at radius 2 is 1.67 bits per heavy atom. The molecule has 15 heavy (non-hydrogen) atoms. The fourth-order valence-electron chi connectivity index (χ4n) is 0.936. The molecule has 0 unspecified atom stereocenters. The molecule has 0 spiro atoms. The molecule has 0 nitrogen and oxygen atoms in total. The first-order chi connectivity index (χ1) is 7.06. The molecule has 0 aromatic heterocycles. The van der Waals surface area contributed by atoms with E-state index in [0.717, 1.165) is 6.42 Å². The van der Waals surface area contributed by atoms with Gasteiger partial charge in [-0.3, -0.25) is 0 Å². The van der Waals surface area contributed by atoms with Crippen LogP contribution in [0.3, 0.4) is 0 Å². The Balaban J connectivity index is 3.73. The summed E-state index contributed by atoms with van der Waals surface area (Å²) in [5.74, 6) is 9.19. The summed E-state index contributed by atoms with van der Waals surface area (Å²) in [6.07, 6.45) is 8.51. The summed E-state index contributed by atoms with van der Waals surface area (Å²) < 4.78 is 0. The molecule has 0 atom stereocenters. The standard InChI is InChI=1S/C14H22Si/c1-5-6-7-8-9-10-11-12-13-14-15(2,3)4/h11-12H,5-8H2,1-4H3/b12-11-. The zero-order valence-electron chi connectivity index (χ0n) is 10.5. The minimum atomic E-state index is -1.20. The predicted molar refractivity (Wildman–Crippen MR) is 72.2 cm³/mol. The Morgan fingerprint density at radius 1 is 1.00 bits per heavy atom. The van der Waals surface area contributed by atoms with Gasteiger partial charge in [0.25, 0.3) is 0 Å². The summed E-state index contributed by atoms with van der Waals surface area (Å²) >= 11 is 0. The van der Waals surface area contributed by atoms with Crippen LogP contribution in [0.25, 0.3) is 0 Å². The van der Waals surface area contributed by atoms with E-state index in [4.69, 9.17) is 0 Å². The Labute approximate surface area is 96.2 Å². The molecule has 0 aliphatic rings. The summed E-state index contributed by atoms with van der Waals surface area (Å²) in [5, 5.41) is 0. The highest BCUT2D eigenvalue weighted by Crippen LogP contribution is 1.97. The molecule has 0 radical (unpaired) electrons. The molecule has 0 fully saturated rings. The highest BCUT2D eigenvalue weighted by atomic mass is 28.3. The van der Waals surface area contributed by atoms with Crippen molar-refractivity contribution < 1.29 is 0 Å². The maximum Gasteiger partial charge on any atom is 0.129 e. The van der Waals surface area contributed by atoms with Gasteiger partial charge in [0, 0.05) is 6.42 Å². The van der Waals surface area contributed by atoms with Gasteiger partial charge in [-0.1, -0.05) is 57.2 Å². The van der Waals surface area contributed by atoms with Gasteiger partial charge in [0.15, 0.2) is 0 Å². The van der Waals surface area contributed by atoms with E-state index >= 15 is 0 Å². The van der Waals surface area contributed by atoms with E-state index in [-0.39, 0.29) is 0 Å². The average molecular weight is 218 g/mol. The van der Waals surface area contributed by atoms with Gasteiger partial charge in [0.2, 0.25) is 0 Å². The van der Waals surface area contributed by atoms with Gasteiger partial charge in [0.05, 0.1) is 0 Å². The Hall–Kier alpha value is -0.923. The minimum Gasteiger partial charge on any atom is -0.127 e. The third-order valence-corrected chi connectivity index (χ3v) is 2.60. The summed E-state index contributed by atoms with van der Waals surface area (Å²) in [6.45, 7) is 8.93. The zero-order chi connectivity index (χ0) is 11.6. The van der Waals surface area contributed by atoms with Crippen molar-refractivity contribution in [1.82, 2.24) is 0 Å². The van der Waals surface area contributed by atoms with E-state index in [2.05, 4.69) is 49.9 Å². The second kappa shape index (κ2) is 8.39. The maximum atomic E-state index is 3.27. The summed E-state index contributed by atoms with van der Waals surface area (Å²) in [7, 11) is -1.20. The first-order valence-electron chi connectivity index (χ1n) is 5.72. The number of rotatable bonds is 3. The van der Waals surface area contributed by atoms with Crippen LogP contribution in [-0.2, 0) is 0 Å². The molecule has 0 amide bonds. The van der Waals surface area contributed by atoms with Crippen LogP contribution < -0.4 is 0 Å². The number of allylic oxidation sites excluding steroid dienone is 2. The lowest BCUT2D eigenvalue weighted by atomic mass is 10.2. The van der Waals surface area contributed by atoms with Gasteiger partial charge < -0.3 is 0 Å². The van der Waals surface area contributed by atoms with Crippen LogP contribution in [0.2, 0.25) is 19.6 Å². The van der Waals surface area contributed by atoms with E-state index in [9.17, 15) is 0 Å². The highest BCUT2D eigenvalue weighted by molar-refractivity contribution is 6.83. The molecular weight excluding hydrogens is 196 g/mol. The zero-order valence-corrected chi connectivity index (χ0v) is 11.5. The van der Waals surface area contributed by atoms with Crippen LogP contribution in [-0.4, -0.2) is 8.07 Å². The van der Waals surface area contributed by atoms with Gasteiger partial charge in [-0.2, -0.15) is 0 Å². The van der Waals surface area contributed by atoms with E-state index in [1.54, 1.807) is 0 Å². The van der Waals surface area contributed by atoms with Crippen LogP contribution in [0, 0.1) is 23.3 Å². The largest absolute Gasteiger partial charge is 0.129 e. The van der Waals surface area contributed by atoms with Crippen LogP contribution in [0.5, 0.6) is 0 Å². The third-order valence-electron chi connectivity index (χ3n) is 1.70. The van der Waals surface area contributed by atoms with Gasteiger partial charge in [-0.25, -0.2) is 0 Å². The highest BCUT2D eigenvalue weighted by Gasteiger charge is 2.06. The van der Waals surface area contributed by atoms with E-state index < -0.39 is 8.07 Å². The lowest BCUT2D eigenvalue weighted by Crippen LogP contribution is -2.16. The van der Waals surface area contributed by atoms with Crippen molar-refractivity contribution in [3.63, 3.8) is 0 Å². The lowest BCUT2D eigenvalue weighted by molar-refractivity contribution is 0.737. The van der Waals surface area contributed by atoms with Gasteiger partial charge in [-0.15, -0.1) is 5.54 Å². The van der Waals surface area contributed by atoms with Crippen molar-refractivity contribution in [1.29, 1.82) is 0 Å². The van der Waals surface area contributed by atoms with Crippen molar-refractivity contribution in [3.8, 4) is 23.3 Å². The van der Waals surface area contributed by atoms with Gasteiger partial charge in [-0.05, 0) is 18.6 Å². The second-order valence-corrected chi connectivity index (χ2v) is 9.38. The summed E-state index contributed by atoms with van der Waals surface area (Å²) in [4.78, 5) is 0. The summed E-state index contributed by atoms with van der Waals surface area (Å²) in [5.41, 5.74) is 3.27. The topological polar surface area (TPSA) is 0 Å². The molecule has 0 aromatic rings. The Morgan fingerprint density at radius 3 is 2.27 bits per heavy atom. The molecule has 0 heterocycles. The minimum absolute atomic E-state index is 1.01. The Kier molecular flexibility index (Phi) is 7.87.